The Bertz CT molecular complexity index is 806. The zero-order valence-corrected chi connectivity index (χ0v) is 18.3. The Balaban J connectivity index is 1.33. The highest BCUT2D eigenvalue weighted by atomic mass is 16.5. The Morgan fingerprint density at radius 2 is 1.55 bits per heavy atom. The molecule has 7 nitrogen and oxygen atoms in total. The molecule has 3 atom stereocenters. The summed E-state index contributed by atoms with van der Waals surface area (Å²) in [6.07, 6.45) is 7.45. The van der Waals surface area contributed by atoms with Crippen molar-refractivity contribution in [2.24, 2.45) is 11.8 Å². The monoisotopic (exact) mass is 427 g/mol. The fourth-order valence-corrected chi connectivity index (χ4v) is 4.75. The van der Waals surface area contributed by atoms with Crippen molar-refractivity contribution in [2.45, 2.75) is 63.5 Å². The van der Waals surface area contributed by atoms with Gasteiger partial charge in [0.2, 0.25) is 11.8 Å². The Labute approximate surface area is 183 Å². The maximum Gasteiger partial charge on any atom is 0.251 e. The summed E-state index contributed by atoms with van der Waals surface area (Å²) in [4.78, 5) is 40.0. The highest BCUT2D eigenvalue weighted by molar-refractivity contribution is 5.94. The number of hydrogen-bond donors (Lipinski definition) is 2. The standard InChI is InChI=1S/C24H33N3O4/c1-31-19-12-10-16(11-13-19)22(28)25-20-6-2-3-7-21(20)26-23(29)18-5-4-14-27(15-18)24(30)17-8-9-17/h10-13,17-18,20-21H,2-9,14-15H2,1H3,(H,25,28)(H,26,29)/t18?,20-,21-/m1/s1. The van der Waals surface area contributed by atoms with Crippen molar-refractivity contribution in [3.63, 3.8) is 0 Å². The first kappa shape index (κ1) is 21.7. The number of piperidine rings is 1. The number of carbonyl (C=O) groups is 3. The summed E-state index contributed by atoms with van der Waals surface area (Å²) < 4.78 is 5.15. The minimum absolute atomic E-state index is 0.0175. The van der Waals surface area contributed by atoms with Crippen LogP contribution in [0.2, 0.25) is 0 Å². The van der Waals surface area contributed by atoms with E-state index in [0.29, 0.717) is 17.9 Å². The number of amides is 3. The first-order valence-corrected chi connectivity index (χ1v) is 11.6. The van der Waals surface area contributed by atoms with Crippen LogP contribution in [0.5, 0.6) is 5.75 Å². The summed E-state index contributed by atoms with van der Waals surface area (Å²) in [6, 6.07) is 6.88. The van der Waals surface area contributed by atoms with Gasteiger partial charge in [-0.1, -0.05) is 12.8 Å². The average molecular weight is 428 g/mol. The molecule has 0 aromatic heterocycles. The van der Waals surface area contributed by atoms with Crippen LogP contribution in [0.15, 0.2) is 24.3 Å². The van der Waals surface area contributed by atoms with E-state index in [1.807, 2.05) is 4.90 Å². The molecule has 1 saturated heterocycles. The summed E-state index contributed by atoms with van der Waals surface area (Å²) in [6.45, 7) is 1.29. The lowest BCUT2D eigenvalue weighted by Gasteiger charge is -2.36. The molecule has 31 heavy (non-hydrogen) atoms. The molecule has 168 valence electrons. The second kappa shape index (κ2) is 9.71. The van der Waals surface area contributed by atoms with E-state index in [-0.39, 0.29) is 41.6 Å². The van der Waals surface area contributed by atoms with Gasteiger partial charge in [-0.05, 0) is 62.8 Å². The lowest BCUT2D eigenvalue weighted by molar-refractivity contribution is -0.137. The number of benzene rings is 1. The lowest BCUT2D eigenvalue weighted by Crippen LogP contribution is -2.55. The van der Waals surface area contributed by atoms with Crippen molar-refractivity contribution < 1.29 is 19.1 Å². The van der Waals surface area contributed by atoms with Crippen LogP contribution in [0, 0.1) is 11.8 Å². The number of rotatable bonds is 6. The smallest absolute Gasteiger partial charge is 0.251 e. The molecule has 1 aromatic carbocycles. The van der Waals surface area contributed by atoms with Gasteiger partial charge in [-0.25, -0.2) is 0 Å². The third-order valence-corrected chi connectivity index (χ3v) is 6.79. The van der Waals surface area contributed by atoms with E-state index in [1.165, 1.54) is 0 Å². The van der Waals surface area contributed by atoms with E-state index >= 15 is 0 Å². The SMILES string of the molecule is COc1ccc(C(=O)N[C@@H]2CCCC[C@H]2NC(=O)C2CCCN(C(=O)C3CC3)C2)cc1. The summed E-state index contributed by atoms with van der Waals surface area (Å²) in [5.41, 5.74) is 0.581. The molecule has 3 fully saturated rings. The van der Waals surface area contributed by atoms with Crippen LogP contribution in [-0.2, 0) is 9.59 Å². The maximum atomic E-state index is 13.0. The molecule has 0 radical (unpaired) electrons. The predicted octanol–water partition coefficient (Wildman–Crippen LogP) is 2.50. The van der Waals surface area contributed by atoms with Crippen molar-refractivity contribution in [1.82, 2.24) is 15.5 Å². The molecule has 2 N–H and O–H groups in total. The first-order valence-electron chi connectivity index (χ1n) is 11.6. The number of nitrogens with one attached hydrogen (secondary N) is 2. The van der Waals surface area contributed by atoms with Gasteiger partial charge < -0.3 is 20.3 Å². The highest BCUT2D eigenvalue weighted by Gasteiger charge is 2.37. The molecule has 4 rings (SSSR count). The molecule has 3 amide bonds. The Morgan fingerprint density at radius 3 is 2.19 bits per heavy atom. The lowest BCUT2D eigenvalue weighted by atomic mass is 9.88. The minimum atomic E-state index is -0.156. The van der Waals surface area contributed by atoms with E-state index in [4.69, 9.17) is 4.74 Å². The quantitative estimate of drug-likeness (QED) is 0.730. The molecule has 2 aliphatic carbocycles. The Kier molecular flexibility index (Phi) is 6.78. The third-order valence-electron chi connectivity index (χ3n) is 6.79. The third kappa shape index (κ3) is 5.38. The molecule has 7 heteroatoms. The van der Waals surface area contributed by atoms with Gasteiger partial charge in [-0.15, -0.1) is 0 Å². The van der Waals surface area contributed by atoms with Crippen molar-refractivity contribution in [3.8, 4) is 5.75 Å². The molecule has 1 heterocycles. The van der Waals surface area contributed by atoms with Gasteiger partial charge in [0.25, 0.3) is 5.91 Å². The summed E-state index contributed by atoms with van der Waals surface area (Å²) in [7, 11) is 1.60. The molecule has 0 spiro atoms. The largest absolute Gasteiger partial charge is 0.497 e. The zero-order chi connectivity index (χ0) is 21.8. The van der Waals surface area contributed by atoms with Gasteiger partial charge in [-0.2, -0.15) is 0 Å². The van der Waals surface area contributed by atoms with Gasteiger partial charge in [-0.3, -0.25) is 14.4 Å². The topological polar surface area (TPSA) is 87.7 Å². The number of methoxy groups -OCH3 is 1. The normalized spacial score (nSPS) is 26.1. The van der Waals surface area contributed by atoms with Crippen LogP contribution in [0.25, 0.3) is 0 Å². The zero-order valence-electron chi connectivity index (χ0n) is 18.3. The summed E-state index contributed by atoms with van der Waals surface area (Å²) in [5.74, 6) is 0.853. The van der Waals surface area contributed by atoms with Gasteiger partial charge in [0.05, 0.1) is 13.0 Å². The van der Waals surface area contributed by atoms with Crippen LogP contribution in [0.3, 0.4) is 0 Å². The number of hydrogen-bond acceptors (Lipinski definition) is 4. The van der Waals surface area contributed by atoms with E-state index in [0.717, 1.165) is 57.9 Å². The molecule has 0 bridgehead atoms. The van der Waals surface area contributed by atoms with Crippen LogP contribution < -0.4 is 15.4 Å². The van der Waals surface area contributed by atoms with Crippen molar-refractivity contribution >= 4 is 17.7 Å². The number of likely N-dealkylation sites (tertiary alicyclic amines) is 1. The second-order valence-electron chi connectivity index (χ2n) is 9.11. The van der Waals surface area contributed by atoms with Crippen molar-refractivity contribution in [1.29, 1.82) is 0 Å². The minimum Gasteiger partial charge on any atom is -0.497 e. The van der Waals surface area contributed by atoms with Gasteiger partial charge in [0, 0.05) is 36.7 Å². The fraction of sp³-hybridized carbons (Fsp3) is 0.625. The van der Waals surface area contributed by atoms with Gasteiger partial charge in [0.1, 0.15) is 5.75 Å². The van der Waals surface area contributed by atoms with E-state index < -0.39 is 0 Å². The maximum absolute atomic E-state index is 13.0. The first-order chi connectivity index (χ1) is 15.0. The molecule has 1 unspecified atom stereocenters. The average Bonchev–Trinajstić information content (AvgIpc) is 3.65. The van der Waals surface area contributed by atoms with Gasteiger partial charge >= 0.3 is 0 Å². The molecule has 1 aliphatic heterocycles. The van der Waals surface area contributed by atoms with Crippen LogP contribution in [-0.4, -0.2) is 54.9 Å². The van der Waals surface area contributed by atoms with E-state index in [2.05, 4.69) is 10.6 Å². The van der Waals surface area contributed by atoms with Crippen LogP contribution in [0.1, 0.15) is 61.7 Å². The predicted molar refractivity (Wildman–Crippen MR) is 117 cm³/mol. The van der Waals surface area contributed by atoms with E-state index in [1.54, 1.807) is 31.4 Å². The summed E-state index contributed by atoms with van der Waals surface area (Å²) >= 11 is 0. The highest BCUT2D eigenvalue weighted by Crippen LogP contribution is 2.32. The molecular weight excluding hydrogens is 394 g/mol. The second-order valence-corrected chi connectivity index (χ2v) is 9.11. The van der Waals surface area contributed by atoms with Crippen molar-refractivity contribution in [3.05, 3.63) is 29.8 Å². The number of ether oxygens (including phenoxy) is 1. The summed E-state index contributed by atoms with van der Waals surface area (Å²) in [5, 5.41) is 6.33. The molecular formula is C24H33N3O4. The van der Waals surface area contributed by atoms with E-state index in [9.17, 15) is 14.4 Å². The van der Waals surface area contributed by atoms with Crippen LogP contribution in [0.4, 0.5) is 0 Å². The molecule has 1 aromatic rings. The van der Waals surface area contributed by atoms with Crippen molar-refractivity contribution in [2.75, 3.05) is 20.2 Å². The van der Waals surface area contributed by atoms with Crippen LogP contribution >= 0.6 is 0 Å². The van der Waals surface area contributed by atoms with Gasteiger partial charge in [0.15, 0.2) is 0 Å². The fourth-order valence-electron chi connectivity index (χ4n) is 4.75. The Hall–Kier alpha value is -2.57. The molecule has 2 saturated carbocycles. The number of carbonyl (C=O) groups excluding carboxylic acids is 3. The molecule has 3 aliphatic rings. The number of nitrogens with zero attached hydrogens (tertiary/aromatic N) is 1. The Morgan fingerprint density at radius 1 is 0.871 bits per heavy atom.